The summed E-state index contributed by atoms with van der Waals surface area (Å²) in [5.74, 6) is 3.02. The van der Waals surface area contributed by atoms with E-state index in [1.165, 1.54) is 12.8 Å². The predicted molar refractivity (Wildman–Crippen MR) is 50.6 cm³/mol. The molecule has 0 unspecified atom stereocenters. The van der Waals surface area contributed by atoms with Crippen molar-refractivity contribution in [3.63, 3.8) is 0 Å². The van der Waals surface area contributed by atoms with Gasteiger partial charge in [-0.05, 0) is 24.7 Å². The Morgan fingerprint density at radius 1 is 0.583 bits per heavy atom. The van der Waals surface area contributed by atoms with Gasteiger partial charge in [0, 0.05) is 11.8 Å². The molecule has 0 heterocycles. The van der Waals surface area contributed by atoms with Crippen molar-refractivity contribution in [2.45, 2.75) is 12.8 Å². The maximum atomic E-state index is 2.44. The van der Waals surface area contributed by atoms with Gasteiger partial charge in [0.1, 0.15) is 0 Å². The van der Waals surface area contributed by atoms with Crippen LogP contribution in [-0.2, 0) is 0 Å². The van der Waals surface area contributed by atoms with Gasteiger partial charge < -0.3 is 0 Å². The molecule has 2 atom stereocenters. The van der Waals surface area contributed by atoms with Gasteiger partial charge in [-0.1, -0.05) is 36.5 Å². The third-order valence-corrected chi connectivity index (χ3v) is 3.54. The Morgan fingerprint density at radius 3 is 1.33 bits per heavy atom. The number of hydrogen-bond donors (Lipinski definition) is 0. The minimum Gasteiger partial charge on any atom is -0.0842 e. The molecule has 0 amide bonds. The second-order valence-corrected chi connectivity index (χ2v) is 4.21. The highest BCUT2D eigenvalue weighted by molar-refractivity contribution is 5.24. The molecule has 6 rings (SSSR count). The standard InChI is InChI=1S/C12H14/c1-2-10-4-3-9(1)11-5-7-12(10)8-6-11/h1-5,7,9-12H,6,8H2/t9?,10?,11-,12+. The van der Waals surface area contributed by atoms with Crippen LogP contribution in [0.15, 0.2) is 36.5 Å². The average molecular weight is 158 g/mol. The molecule has 12 heavy (non-hydrogen) atoms. The van der Waals surface area contributed by atoms with Crippen molar-refractivity contribution >= 4 is 0 Å². The average Bonchev–Trinajstić information content (AvgIpc) is 2.13. The molecule has 6 aliphatic rings. The lowest BCUT2D eigenvalue weighted by molar-refractivity contribution is 0.359. The molecular weight excluding hydrogens is 144 g/mol. The molecular formula is C12H14. The Morgan fingerprint density at radius 2 is 1.00 bits per heavy atom. The first kappa shape index (κ1) is 6.71. The van der Waals surface area contributed by atoms with Crippen LogP contribution in [0.4, 0.5) is 0 Å². The van der Waals surface area contributed by atoms with E-state index >= 15 is 0 Å². The molecule has 0 aromatic carbocycles. The molecule has 0 aliphatic heterocycles. The summed E-state index contributed by atoms with van der Waals surface area (Å²) in [6, 6.07) is 0. The van der Waals surface area contributed by atoms with Crippen molar-refractivity contribution in [2.24, 2.45) is 23.7 Å². The number of hydrogen-bond acceptors (Lipinski definition) is 0. The van der Waals surface area contributed by atoms with Crippen molar-refractivity contribution < 1.29 is 0 Å². The highest BCUT2D eigenvalue weighted by Crippen LogP contribution is 2.40. The van der Waals surface area contributed by atoms with E-state index in [1.54, 1.807) is 0 Å². The third-order valence-electron chi connectivity index (χ3n) is 3.54. The van der Waals surface area contributed by atoms with Gasteiger partial charge in [-0.15, -0.1) is 0 Å². The van der Waals surface area contributed by atoms with Crippen LogP contribution >= 0.6 is 0 Å². The second-order valence-electron chi connectivity index (χ2n) is 4.21. The Kier molecular flexibility index (Phi) is 1.31. The zero-order valence-corrected chi connectivity index (χ0v) is 7.19. The zero-order chi connectivity index (χ0) is 7.97. The minimum absolute atomic E-state index is 0.707. The monoisotopic (exact) mass is 158 g/mol. The minimum atomic E-state index is 0.707. The van der Waals surface area contributed by atoms with Crippen molar-refractivity contribution in [1.29, 1.82) is 0 Å². The Hall–Kier alpha value is -0.780. The number of allylic oxidation sites excluding steroid dienone is 6. The Balaban J connectivity index is 2.08. The lowest BCUT2D eigenvalue weighted by Gasteiger charge is -2.35. The van der Waals surface area contributed by atoms with Gasteiger partial charge in [0.25, 0.3) is 0 Å². The lowest BCUT2D eigenvalue weighted by Crippen LogP contribution is -2.25. The van der Waals surface area contributed by atoms with Gasteiger partial charge in [-0.2, -0.15) is 0 Å². The summed E-state index contributed by atoms with van der Waals surface area (Å²) in [6.45, 7) is 0. The van der Waals surface area contributed by atoms with Crippen LogP contribution < -0.4 is 0 Å². The summed E-state index contributed by atoms with van der Waals surface area (Å²) in [5.41, 5.74) is 0. The number of rotatable bonds is 0. The van der Waals surface area contributed by atoms with E-state index in [-0.39, 0.29) is 0 Å². The van der Waals surface area contributed by atoms with E-state index in [4.69, 9.17) is 0 Å². The second kappa shape index (κ2) is 2.35. The normalized spacial score (nSPS) is 48.0. The summed E-state index contributed by atoms with van der Waals surface area (Å²) < 4.78 is 0. The molecule has 4 bridgehead atoms. The van der Waals surface area contributed by atoms with E-state index in [2.05, 4.69) is 36.5 Å². The summed E-state index contributed by atoms with van der Waals surface area (Å²) in [4.78, 5) is 0. The first-order valence-corrected chi connectivity index (χ1v) is 4.98. The maximum Gasteiger partial charge on any atom is 0.000981 e. The molecule has 0 aromatic heterocycles. The predicted octanol–water partition coefficient (Wildman–Crippen LogP) is 2.94. The fourth-order valence-corrected chi connectivity index (χ4v) is 2.72. The highest BCUT2D eigenvalue weighted by atomic mass is 14.3. The SMILES string of the molecule is C1=CC2C=CC1[C@@H]1C=C[C@H]2CC1. The molecule has 0 heteroatoms. The fraction of sp³-hybridized carbons (Fsp3) is 0.500. The van der Waals surface area contributed by atoms with Gasteiger partial charge in [-0.3, -0.25) is 0 Å². The van der Waals surface area contributed by atoms with Crippen molar-refractivity contribution in [3.05, 3.63) is 36.5 Å². The lowest BCUT2D eigenvalue weighted by atomic mass is 9.70. The summed E-state index contributed by atoms with van der Waals surface area (Å²) in [6.07, 6.45) is 17.3. The van der Waals surface area contributed by atoms with Crippen LogP contribution in [0, 0.1) is 23.7 Å². The largest absolute Gasteiger partial charge is 0.0842 e. The molecule has 0 N–H and O–H groups in total. The van der Waals surface area contributed by atoms with E-state index in [0.29, 0.717) is 11.8 Å². The van der Waals surface area contributed by atoms with Crippen molar-refractivity contribution in [1.82, 2.24) is 0 Å². The van der Waals surface area contributed by atoms with Crippen LogP contribution in [0.5, 0.6) is 0 Å². The summed E-state index contributed by atoms with van der Waals surface area (Å²) >= 11 is 0. The first-order chi connectivity index (χ1) is 5.93. The van der Waals surface area contributed by atoms with Gasteiger partial charge in [0.05, 0.1) is 0 Å². The molecule has 62 valence electrons. The first-order valence-electron chi connectivity index (χ1n) is 4.98. The third kappa shape index (κ3) is 0.841. The zero-order valence-electron chi connectivity index (χ0n) is 7.19. The van der Waals surface area contributed by atoms with Crippen LogP contribution in [0.1, 0.15) is 12.8 Å². The van der Waals surface area contributed by atoms with E-state index < -0.39 is 0 Å². The van der Waals surface area contributed by atoms with Crippen LogP contribution in [0.3, 0.4) is 0 Å². The Labute approximate surface area is 73.7 Å². The molecule has 0 nitrogen and oxygen atoms in total. The van der Waals surface area contributed by atoms with Gasteiger partial charge >= 0.3 is 0 Å². The fourth-order valence-electron chi connectivity index (χ4n) is 2.72. The van der Waals surface area contributed by atoms with E-state index in [1.807, 2.05) is 0 Å². The smallest absolute Gasteiger partial charge is 0.000981 e. The van der Waals surface area contributed by atoms with Crippen molar-refractivity contribution in [3.8, 4) is 0 Å². The van der Waals surface area contributed by atoms with Gasteiger partial charge in [0.2, 0.25) is 0 Å². The maximum absolute atomic E-state index is 2.44. The summed E-state index contributed by atoms with van der Waals surface area (Å²) in [7, 11) is 0. The molecule has 0 fully saturated rings. The highest BCUT2D eigenvalue weighted by Gasteiger charge is 2.29. The van der Waals surface area contributed by atoms with Crippen LogP contribution in [0.25, 0.3) is 0 Å². The summed E-state index contributed by atoms with van der Waals surface area (Å²) in [5, 5.41) is 0. The topological polar surface area (TPSA) is 0 Å². The van der Waals surface area contributed by atoms with Crippen molar-refractivity contribution in [2.75, 3.05) is 0 Å². The quantitative estimate of drug-likeness (QED) is 0.475. The molecule has 0 spiro atoms. The van der Waals surface area contributed by atoms with E-state index in [9.17, 15) is 0 Å². The van der Waals surface area contributed by atoms with Crippen LogP contribution in [-0.4, -0.2) is 0 Å². The Bertz CT molecular complexity index is 227. The van der Waals surface area contributed by atoms with E-state index in [0.717, 1.165) is 11.8 Å². The van der Waals surface area contributed by atoms with Gasteiger partial charge in [0.15, 0.2) is 0 Å². The van der Waals surface area contributed by atoms with Crippen LogP contribution in [0.2, 0.25) is 0 Å². The molecule has 6 aliphatic carbocycles. The molecule has 0 saturated heterocycles. The molecule has 0 radical (unpaired) electrons. The van der Waals surface area contributed by atoms with Gasteiger partial charge in [-0.25, -0.2) is 0 Å². The molecule has 0 aromatic rings. The molecule has 0 saturated carbocycles.